The Hall–Kier alpha value is -0.670. The predicted molar refractivity (Wildman–Crippen MR) is 56.3 cm³/mol. The summed E-state index contributed by atoms with van der Waals surface area (Å²) in [6.07, 6.45) is 1.92. The zero-order valence-corrected chi connectivity index (χ0v) is 8.58. The lowest BCUT2D eigenvalue weighted by molar-refractivity contribution is -0.115. The average molecular weight is 214 g/mol. The van der Waals surface area contributed by atoms with Crippen LogP contribution in [0.3, 0.4) is 0 Å². The molecule has 0 saturated heterocycles. The van der Waals surface area contributed by atoms with E-state index in [-0.39, 0.29) is 11.2 Å². The lowest BCUT2D eigenvalue weighted by Gasteiger charge is -2.03. The largest absolute Gasteiger partial charge is 0.325 e. The maximum absolute atomic E-state index is 11.4. The fraction of sp³-hybridized carbons (Fsp3) is 0.222. The van der Waals surface area contributed by atoms with Gasteiger partial charge in [0.2, 0.25) is 5.91 Å². The molecule has 2 nitrogen and oxygen atoms in total. The number of carbonyl (C=O) groups is 1. The molecule has 0 radical (unpaired) electrons. The van der Waals surface area contributed by atoms with Crippen molar-refractivity contribution in [1.82, 2.24) is 0 Å². The molecule has 13 heavy (non-hydrogen) atoms. The zero-order valence-electron chi connectivity index (χ0n) is 7.00. The molecule has 2 rings (SSSR count). The van der Waals surface area contributed by atoms with Crippen LogP contribution in [0.1, 0.15) is 10.8 Å². The van der Waals surface area contributed by atoms with Crippen molar-refractivity contribution in [3.8, 4) is 0 Å². The minimum atomic E-state index is -0.103. The van der Waals surface area contributed by atoms with Gasteiger partial charge in [-0.25, -0.2) is 0 Å². The zero-order chi connectivity index (χ0) is 9.42. The normalized spacial score (nSPS) is 19.8. The summed E-state index contributed by atoms with van der Waals surface area (Å²) in [5.74, 6) is 0.0461. The van der Waals surface area contributed by atoms with Crippen molar-refractivity contribution in [1.29, 1.82) is 0 Å². The number of benzene rings is 1. The molecule has 1 atom stereocenters. The molecule has 1 N–H and O–H groups in total. The minimum absolute atomic E-state index is 0.0461. The third-order valence-electron chi connectivity index (χ3n) is 2.03. The molecule has 0 bridgehead atoms. The Kier molecular flexibility index (Phi) is 2.22. The van der Waals surface area contributed by atoms with Crippen LogP contribution in [0.2, 0.25) is 5.02 Å². The highest BCUT2D eigenvalue weighted by molar-refractivity contribution is 7.99. The summed E-state index contributed by atoms with van der Waals surface area (Å²) < 4.78 is 0. The fourth-order valence-corrected chi connectivity index (χ4v) is 2.34. The third kappa shape index (κ3) is 1.42. The SMILES string of the molecule is CSC1C(=O)Nc2ccc(Cl)cc21. The first-order valence-electron chi connectivity index (χ1n) is 3.85. The smallest absolute Gasteiger partial charge is 0.242 e. The molecule has 0 spiro atoms. The average Bonchev–Trinajstić information content (AvgIpc) is 2.40. The predicted octanol–water partition coefficient (Wildman–Crippen LogP) is 2.70. The van der Waals surface area contributed by atoms with Gasteiger partial charge in [-0.3, -0.25) is 4.79 Å². The van der Waals surface area contributed by atoms with E-state index < -0.39 is 0 Å². The van der Waals surface area contributed by atoms with Gasteiger partial charge >= 0.3 is 0 Å². The molecule has 1 unspecified atom stereocenters. The van der Waals surface area contributed by atoms with Gasteiger partial charge in [-0.2, -0.15) is 0 Å². The van der Waals surface area contributed by atoms with E-state index in [1.165, 1.54) is 11.8 Å². The number of hydrogen-bond donors (Lipinski definition) is 1. The van der Waals surface area contributed by atoms with Crippen molar-refractivity contribution < 1.29 is 4.79 Å². The first-order valence-corrected chi connectivity index (χ1v) is 5.52. The van der Waals surface area contributed by atoms with Crippen LogP contribution < -0.4 is 5.32 Å². The summed E-state index contributed by atoms with van der Waals surface area (Å²) in [5.41, 5.74) is 1.87. The van der Waals surface area contributed by atoms with E-state index in [1.54, 1.807) is 6.07 Å². The molecule has 1 heterocycles. The number of hydrogen-bond acceptors (Lipinski definition) is 2. The van der Waals surface area contributed by atoms with E-state index in [0.29, 0.717) is 5.02 Å². The molecule has 1 amide bonds. The Labute approximate surface area is 85.7 Å². The summed E-state index contributed by atoms with van der Waals surface area (Å²) in [4.78, 5) is 11.4. The highest BCUT2D eigenvalue weighted by Gasteiger charge is 2.29. The van der Waals surface area contributed by atoms with E-state index in [4.69, 9.17) is 11.6 Å². The molecule has 1 aromatic carbocycles. The summed E-state index contributed by atoms with van der Waals surface area (Å²) >= 11 is 7.37. The summed E-state index contributed by atoms with van der Waals surface area (Å²) in [5, 5.41) is 3.38. The van der Waals surface area contributed by atoms with Crippen LogP contribution in [-0.2, 0) is 4.79 Å². The Morgan fingerprint density at radius 1 is 1.54 bits per heavy atom. The van der Waals surface area contributed by atoms with E-state index in [2.05, 4.69) is 5.32 Å². The van der Waals surface area contributed by atoms with Gasteiger partial charge < -0.3 is 5.32 Å². The van der Waals surface area contributed by atoms with Gasteiger partial charge in [0.15, 0.2) is 0 Å². The number of anilines is 1. The van der Waals surface area contributed by atoms with Crippen LogP contribution in [0.25, 0.3) is 0 Å². The molecule has 1 aliphatic rings. The number of thioether (sulfide) groups is 1. The van der Waals surface area contributed by atoms with Crippen LogP contribution in [0.5, 0.6) is 0 Å². The van der Waals surface area contributed by atoms with Crippen molar-refractivity contribution in [2.45, 2.75) is 5.25 Å². The lowest BCUT2D eigenvalue weighted by atomic mass is 10.1. The van der Waals surface area contributed by atoms with Gasteiger partial charge in [0, 0.05) is 10.7 Å². The van der Waals surface area contributed by atoms with E-state index in [1.807, 2.05) is 18.4 Å². The second-order valence-electron chi connectivity index (χ2n) is 2.84. The second-order valence-corrected chi connectivity index (χ2v) is 4.22. The third-order valence-corrected chi connectivity index (χ3v) is 3.20. The van der Waals surface area contributed by atoms with Crippen LogP contribution in [-0.4, -0.2) is 12.2 Å². The van der Waals surface area contributed by atoms with Gasteiger partial charge in [0.1, 0.15) is 5.25 Å². The van der Waals surface area contributed by atoms with Gasteiger partial charge in [-0.1, -0.05) is 11.6 Å². The number of halogens is 1. The Bertz CT molecular complexity index is 367. The first kappa shape index (κ1) is 8.91. The van der Waals surface area contributed by atoms with Gasteiger partial charge in [-0.05, 0) is 30.0 Å². The molecular weight excluding hydrogens is 206 g/mol. The maximum Gasteiger partial charge on any atom is 0.242 e. The Balaban J connectivity index is 2.50. The molecule has 0 fully saturated rings. The molecule has 0 saturated carbocycles. The van der Waals surface area contributed by atoms with E-state index in [9.17, 15) is 4.79 Å². The van der Waals surface area contributed by atoms with Gasteiger partial charge in [-0.15, -0.1) is 11.8 Å². The molecule has 68 valence electrons. The number of amides is 1. The monoisotopic (exact) mass is 213 g/mol. The van der Waals surface area contributed by atoms with Crippen molar-refractivity contribution in [3.05, 3.63) is 28.8 Å². The van der Waals surface area contributed by atoms with Crippen molar-refractivity contribution in [2.24, 2.45) is 0 Å². The van der Waals surface area contributed by atoms with Crippen molar-refractivity contribution >= 4 is 35.0 Å². The second kappa shape index (κ2) is 3.24. The van der Waals surface area contributed by atoms with Crippen LogP contribution in [0, 0.1) is 0 Å². The molecule has 0 aromatic heterocycles. The maximum atomic E-state index is 11.4. The van der Waals surface area contributed by atoms with Crippen molar-refractivity contribution in [3.63, 3.8) is 0 Å². The minimum Gasteiger partial charge on any atom is -0.325 e. The molecule has 1 aromatic rings. The van der Waals surface area contributed by atoms with Crippen LogP contribution in [0.15, 0.2) is 18.2 Å². The summed E-state index contributed by atoms with van der Waals surface area (Å²) in [6.45, 7) is 0. The number of rotatable bonds is 1. The fourth-order valence-electron chi connectivity index (χ4n) is 1.44. The Morgan fingerprint density at radius 3 is 3.00 bits per heavy atom. The van der Waals surface area contributed by atoms with Crippen LogP contribution >= 0.6 is 23.4 Å². The van der Waals surface area contributed by atoms with Gasteiger partial charge in [0.05, 0.1) is 0 Å². The molecular formula is C9H8ClNOS. The lowest BCUT2D eigenvalue weighted by Crippen LogP contribution is -2.08. The number of fused-ring (bicyclic) bond motifs is 1. The summed E-state index contributed by atoms with van der Waals surface area (Å²) in [7, 11) is 0. The van der Waals surface area contributed by atoms with E-state index >= 15 is 0 Å². The standard InChI is InChI=1S/C9H8ClNOS/c1-13-8-6-4-5(10)2-3-7(6)11-9(8)12/h2-4,8H,1H3,(H,11,12). The molecule has 1 aliphatic heterocycles. The summed E-state index contributed by atoms with van der Waals surface area (Å²) in [6, 6.07) is 5.46. The number of nitrogens with one attached hydrogen (secondary N) is 1. The van der Waals surface area contributed by atoms with E-state index in [0.717, 1.165) is 11.3 Å². The van der Waals surface area contributed by atoms with Crippen LogP contribution in [0.4, 0.5) is 5.69 Å². The van der Waals surface area contributed by atoms with Gasteiger partial charge in [0.25, 0.3) is 0 Å². The quantitative estimate of drug-likeness (QED) is 0.777. The highest BCUT2D eigenvalue weighted by Crippen LogP contribution is 2.39. The number of carbonyl (C=O) groups excluding carboxylic acids is 1. The first-order chi connectivity index (χ1) is 6.22. The molecule has 4 heteroatoms. The van der Waals surface area contributed by atoms with Crippen molar-refractivity contribution in [2.75, 3.05) is 11.6 Å². The molecule has 0 aliphatic carbocycles. The highest BCUT2D eigenvalue weighted by atomic mass is 35.5. The Morgan fingerprint density at radius 2 is 2.31 bits per heavy atom. The topological polar surface area (TPSA) is 29.1 Å².